The van der Waals surface area contributed by atoms with Crippen molar-refractivity contribution in [3.63, 3.8) is 0 Å². The van der Waals surface area contributed by atoms with Crippen molar-refractivity contribution in [2.75, 3.05) is 18.0 Å². The fourth-order valence-electron chi connectivity index (χ4n) is 1.44. The summed E-state index contributed by atoms with van der Waals surface area (Å²) in [5.74, 6) is 0.596. The third kappa shape index (κ3) is 3.73. The lowest BCUT2D eigenvalue weighted by atomic mass is 10.3. The molecule has 0 N–H and O–H groups in total. The van der Waals surface area contributed by atoms with E-state index in [1.807, 2.05) is 0 Å². The van der Waals surface area contributed by atoms with Crippen molar-refractivity contribution in [3.8, 4) is 0 Å². The zero-order chi connectivity index (χ0) is 13.2. The van der Waals surface area contributed by atoms with Crippen LogP contribution in [0.15, 0.2) is 0 Å². The van der Waals surface area contributed by atoms with Crippen LogP contribution in [0.1, 0.15) is 18.3 Å². The van der Waals surface area contributed by atoms with E-state index < -0.39 is 12.7 Å². The molecule has 0 aromatic carbocycles. The number of anilines is 1. The standard InChI is InChI=1S/C10H13ClF3N3/c1-4-17(5-10(12,13)14)9-6(2)8(11)15-7(3)16-9/h4-5H2,1-3H3. The van der Waals surface area contributed by atoms with Crippen LogP contribution in [0, 0.1) is 13.8 Å². The minimum absolute atomic E-state index is 0.188. The van der Waals surface area contributed by atoms with E-state index in [1.54, 1.807) is 20.8 Å². The Bertz CT molecular complexity index is 407. The van der Waals surface area contributed by atoms with Gasteiger partial charge in [0.25, 0.3) is 0 Å². The van der Waals surface area contributed by atoms with Gasteiger partial charge in [0.2, 0.25) is 0 Å². The second-order valence-electron chi connectivity index (χ2n) is 3.64. The van der Waals surface area contributed by atoms with E-state index in [0.29, 0.717) is 11.4 Å². The van der Waals surface area contributed by atoms with Gasteiger partial charge >= 0.3 is 6.18 Å². The molecule has 0 saturated carbocycles. The molecule has 1 aromatic rings. The summed E-state index contributed by atoms with van der Waals surface area (Å²) < 4.78 is 37.2. The van der Waals surface area contributed by atoms with Crippen LogP contribution in [0.25, 0.3) is 0 Å². The summed E-state index contributed by atoms with van der Waals surface area (Å²) in [5.41, 5.74) is 0.461. The molecule has 96 valence electrons. The third-order valence-corrected chi connectivity index (χ3v) is 2.59. The van der Waals surface area contributed by atoms with Crippen LogP contribution in [0.5, 0.6) is 0 Å². The predicted molar refractivity (Wildman–Crippen MR) is 60.5 cm³/mol. The first-order chi connectivity index (χ1) is 7.74. The van der Waals surface area contributed by atoms with Gasteiger partial charge in [0, 0.05) is 12.1 Å². The Kier molecular flexibility index (Phi) is 4.19. The molecule has 3 nitrogen and oxygen atoms in total. The first-order valence-corrected chi connectivity index (χ1v) is 5.45. The predicted octanol–water partition coefficient (Wildman–Crippen LogP) is 3.14. The quantitative estimate of drug-likeness (QED) is 0.788. The Morgan fingerprint density at radius 1 is 1.24 bits per heavy atom. The fraction of sp³-hybridized carbons (Fsp3) is 0.600. The summed E-state index contributed by atoms with van der Waals surface area (Å²) >= 11 is 5.83. The number of hydrogen-bond acceptors (Lipinski definition) is 3. The maximum absolute atomic E-state index is 12.4. The van der Waals surface area contributed by atoms with Crippen LogP contribution >= 0.6 is 11.6 Å². The van der Waals surface area contributed by atoms with Gasteiger partial charge in [-0.2, -0.15) is 13.2 Å². The number of hydrogen-bond donors (Lipinski definition) is 0. The highest BCUT2D eigenvalue weighted by Crippen LogP contribution is 2.26. The topological polar surface area (TPSA) is 29.0 Å². The summed E-state index contributed by atoms with van der Waals surface area (Å²) in [5, 5.41) is 0.188. The lowest BCUT2D eigenvalue weighted by Gasteiger charge is -2.25. The second kappa shape index (κ2) is 5.08. The first kappa shape index (κ1) is 14.0. The molecule has 0 aliphatic heterocycles. The number of rotatable bonds is 3. The zero-order valence-corrected chi connectivity index (χ0v) is 10.5. The number of nitrogens with zero attached hydrogens (tertiary/aromatic N) is 3. The average Bonchev–Trinajstić information content (AvgIpc) is 2.18. The molecule has 0 spiro atoms. The van der Waals surface area contributed by atoms with E-state index in [9.17, 15) is 13.2 Å². The van der Waals surface area contributed by atoms with Gasteiger partial charge in [-0.3, -0.25) is 0 Å². The van der Waals surface area contributed by atoms with Crippen molar-refractivity contribution in [3.05, 3.63) is 16.5 Å². The van der Waals surface area contributed by atoms with Crippen molar-refractivity contribution in [2.24, 2.45) is 0 Å². The molecule has 17 heavy (non-hydrogen) atoms. The van der Waals surface area contributed by atoms with E-state index in [-0.39, 0.29) is 17.5 Å². The fourth-order valence-corrected chi connectivity index (χ4v) is 1.65. The van der Waals surface area contributed by atoms with E-state index in [0.717, 1.165) is 4.90 Å². The monoisotopic (exact) mass is 267 g/mol. The molecule has 1 rings (SSSR count). The molecule has 0 bridgehead atoms. The highest BCUT2D eigenvalue weighted by atomic mass is 35.5. The van der Waals surface area contributed by atoms with Crippen LogP contribution in [-0.2, 0) is 0 Å². The lowest BCUT2D eigenvalue weighted by molar-refractivity contribution is -0.119. The molecule has 0 amide bonds. The van der Waals surface area contributed by atoms with Crippen LogP contribution in [0.4, 0.5) is 19.0 Å². The molecular formula is C10H13ClF3N3. The number of aryl methyl sites for hydroxylation is 1. The summed E-state index contributed by atoms with van der Waals surface area (Å²) in [6, 6.07) is 0. The van der Waals surface area contributed by atoms with Gasteiger partial charge in [-0.15, -0.1) is 0 Å². The van der Waals surface area contributed by atoms with E-state index in [1.165, 1.54) is 0 Å². The molecule has 0 aliphatic rings. The summed E-state index contributed by atoms with van der Waals surface area (Å²) in [7, 11) is 0. The Morgan fingerprint density at radius 3 is 2.29 bits per heavy atom. The molecule has 1 aromatic heterocycles. The van der Waals surface area contributed by atoms with Crippen LogP contribution in [-0.4, -0.2) is 29.2 Å². The molecule has 7 heteroatoms. The van der Waals surface area contributed by atoms with Gasteiger partial charge in [-0.05, 0) is 20.8 Å². The first-order valence-electron chi connectivity index (χ1n) is 5.07. The van der Waals surface area contributed by atoms with Crippen molar-refractivity contribution in [1.29, 1.82) is 0 Å². The third-order valence-electron chi connectivity index (χ3n) is 2.22. The molecule has 0 fully saturated rings. The SMILES string of the molecule is CCN(CC(F)(F)F)c1nc(C)nc(Cl)c1C. The maximum atomic E-state index is 12.4. The molecular weight excluding hydrogens is 255 g/mol. The van der Waals surface area contributed by atoms with Crippen molar-refractivity contribution >= 4 is 17.4 Å². The maximum Gasteiger partial charge on any atom is 0.405 e. The normalized spacial score (nSPS) is 11.7. The smallest absolute Gasteiger partial charge is 0.347 e. The highest BCUT2D eigenvalue weighted by molar-refractivity contribution is 6.30. The Labute approximate surface area is 103 Å². The minimum atomic E-state index is -4.27. The van der Waals surface area contributed by atoms with Gasteiger partial charge in [0.1, 0.15) is 23.3 Å². The summed E-state index contributed by atoms with van der Waals surface area (Å²) in [4.78, 5) is 9.05. The van der Waals surface area contributed by atoms with Gasteiger partial charge in [0.05, 0.1) is 0 Å². The average molecular weight is 268 g/mol. The van der Waals surface area contributed by atoms with Gasteiger partial charge in [-0.1, -0.05) is 11.6 Å². The van der Waals surface area contributed by atoms with Gasteiger partial charge in [-0.25, -0.2) is 9.97 Å². The van der Waals surface area contributed by atoms with E-state index in [2.05, 4.69) is 9.97 Å². The number of aromatic nitrogens is 2. The largest absolute Gasteiger partial charge is 0.405 e. The molecule has 0 atom stereocenters. The summed E-state index contributed by atoms with van der Waals surface area (Å²) in [6.45, 7) is 3.99. The van der Waals surface area contributed by atoms with Crippen molar-refractivity contribution in [2.45, 2.75) is 26.9 Å². The second-order valence-corrected chi connectivity index (χ2v) is 4.00. The van der Waals surface area contributed by atoms with Gasteiger partial charge in [0.15, 0.2) is 0 Å². The molecule has 1 heterocycles. The highest BCUT2D eigenvalue weighted by Gasteiger charge is 2.31. The van der Waals surface area contributed by atoms with E-state index in [4.69, 9.17) is 11.6 Å². The number of halogens is 4. The Balaban J connectivity index is 3.12. The minimum Gasteiger partial charge on any atom is -0.347 e. The molecule has 0 aliphatic carbocycles. The van der Waals surface area contributed by atoms with Crippen LogP contribution in [0.2, 0.25) is 5.15 Å². The van der Waals surface area contributed by atoms with Crippen LogP contribution in [0.3, 0.4) is 0 Å². The van der Waals surface area contributed by atoms with Gasteiger partial charge < -0.3 is 4.90 Å². The summed E-state index contributed by atoms with van der Waals surface area (Å²) in [6.07, 6.45) is -4.27. The van der Waals surface area contributed by atoms with Crippen LogP contribution < -0.4 is 4.90 Å². The van der Waals surface area contributed by atoms with E-state index >= 15 is 0 Å². The zero-order valence-electron chi connectivity index (χ0n) is 9.77. The molecule has 0 saturated heterocycles. The number of alkyl halides is 3. The van der Waals surface area contributed by atoms with Crippen molar-refractivity contribution in [1.82, 2.24) is 9.97 Å². The molecule has 0 radical (unpaired) electrons. The lowest BCUT2D eigenvalue weighted by Crippen LogP contribution is -2.35. The molecule has 0 unspecified atom stereocenters. The Morgan fingerprint density at radius 2 is 1.82 bits per heavy atom. The van der Waals surface area contributed by atoms with Crippen molar-refractivity contribution < 1.29 is 13.2 Å². The Hall–Kier alpha value is -1.04.